The summed E-state index contributed by atoms with van der Waals surface area (Å²) in [6, 6.07) is 6.58. The van der Waals surface area contributed by atoms with Crippen LogP contribution in [0.3, 0.4) is 0 Å². The number of carbonyl (C=O) groups is 3. The molecule has 8 nitrogen and oxygen atoms in total. The maximum Gasteiger partial charge on any atom is 0.328 e. The van der Waals surface area contributed by atoms with Crippen LogP contribution in [0.4, 0.5) is 10.5 Å². The van der Waals surface area contributed by atoms with Gasteiger partial charge >= 0.3 is 6.03 Å². The molecule has 2 N–H and O–H groups in total. The molecule has 0 radical (unpaired) electrons. The largest absolute Gasteiger partial charge is 0.472 e. The highest BCUT2D eigenvalue weighted by atomic mass is 16.5. The number of nitrogens with one attached hydrogen (secondary N) is 2. The zero-order valence-corrected chi connectivity index (χ0v) is 16.1. The van der Waals surface area contributed by atoms with Crippen LogP contribution in [0.5, 0.6) is 0 Å². The Bertz CT molecular complexity index is 995. The number of furan rings is 1. The van der Waals surface area contributed by atoms with Gasteiger partial charge < -0.3 is 14.1 Å². The Morgan fingerprint density at radius 3 is 2.52 bits per heavy atom. The zero-order chi connectivity index (χ0) is 20.3. The summed E-state index contributed by atoms with van der Waals surface area (Å²) >= 11 is 0. The first-order chi connectivity index (χ1) is 13.9. The van der Waals surface area contributed by atoms with Crippen molar-refractivity contribution >= 4 is 23.5 Å². The van der Waals surface area contributed by atoms with Gasteiger partial charge in [-0.05, 0) is 49.6 Å². The number of fused-ring (bicyclic) bond motifs is 4. The van der Waals surface area contributed by atoms with Gasteiger partial charge in [0, 0.05) is 17.8 Å². The number of carbonyl (C=O) groups excluding carboxylic acids is 3. The third-order valence-corrected chi connectivity index (χ3v) is 6.16. The predicted octanol–water partition coefficient (Wildman–Crippen LogP) is 1.84. The van der Waals surface area contributed by atoms with E-state index in [-0.39, 0.29) is 18.6 Å². The molecular formula is C21H21N3O5. The minimum Gasteiger partial charge on any atom is -0.472 e. The fourth-order valence-electron chi connectivity index (χ4n) is 5.06. The van der Waals surface area contributed by atoms with Crippen molar-refractivity contribution in [1.29, 1.82) is 0 Å². The Labute approximate surface area is 167 Å². The summed E-state index contributed by atoms with van der Waals surface area (Å²) in [5.74, 6) is -1.16. The number of nitrogens with zero attached hydrogens (tertiary/aromatic N) is 1. The summed E-state index contributed by atoms with van der Waals surface area (Å²) in [7, 11) is 0. The number of anilines is 1. The van der Waals surface area contributed by atoms with Crippen molar-refractivity contribution in [3.05, 3.63) is 42.4 Å². The Morgan fingerprint density at radius 1 is 1.07 bits per heavy atom. The molecule has 0 saturated carbocycles. The molecule has 5 rings (SSSR count). The third kappa shape index (κ3) is 2.52. The molecule has 3 aliphatic heterocycles. The summed E-state index contributed by atoms with van der Waals surface area (Å²) in [5, 5.41) is 4.60. The van der Waals surface area contributed by atoms with Crippen molar-refractivity contribution in [2.75, 3.05) is 11.4 Å². The quantitative estimate of drug-likeness (QED) is 0.715. The van der Waals surface area contributed by atoms with Gasteiger partial charge in [0.2, 0.25) is 11.8 Å². The first-order valence-electron chi connectivity index (χ1n) is 9.64. The van der Waals surface area contributed by atoms with E-state index in [1.165, 1.54) is 0 Å². The molecule has 4 amide bonds. The lowest BCUT2D eigenvalue weighted by atomic mass is 9.66. The number of rotatable bonds is 1. The van der Waals surface area contributed by atoms with Crippen LogP contribution in [0, 0.1) is 5.41 Å². The monoisotopic (exact) mass is 395 g/mol. The van der Waals surface area contributed by atoms with E-state index >= 15 is 0 Å². The lowest BCUT2D eigenvalue weighted by Crippen LogP contribution is -2.75. The first kappa shape index (κ1) is 17.9. The number of hydrogen-bond acceptors (Lipinski definition) is 6. The van der Waals surface area contributed by atoms with E-state index in [2.05, 4.69) is 15.5 Å². The third-order valence-electron chi connectivity index (χ3n) is 6.16. The first-order valence-corrected chi connectivity index (χ1v) is 9.64. The van der Waals surface area contributed by atoms with Crippen molar-refractivity contribution in [1.82, 2.24) is 10.6 Å². The zero-order valence-electron chi connectivity index (χ0n) is 16.1. The van der Waals surface area contributed by atoms with E-state index in [1.807, 2.05) is 38.1 Å². The number of urea groups is 1. The molecule has 2 saturated heterocycles. The number of hydrogen-bond donors (Lipinski definition) is 2. The molecule has 1 aromatic carbocycles. The standard InChI is InChI=1S/C21H21N3O5/c1-11-9-24-16-4-3-13(14-5-6-28-10-14)7-15(16)8-21(17(24)12(2)29-11)18(25)22-20(27)23-19(21)26/h3-7,10-12,17H,8-9H2,1-2H3,(H2,22,23,25,26,27)/t11-,12+,17-/m1/s1. The molecule has 0 unspecified atom stereocenters. The normalized spacial score (nSPS) is 27.9. The topological polar surface area (TPSA) is 101 Å². The average molecular weight is 395 g/mol. The van der Waals surface area contributed by atoms with Crippen LogP contribution in [0.15, 0.2) is 41.2 Å². The van der Waals surface area contributed by atoms with Crippen LogP contribution in [0.25, 0.3) is 11.1 Å². The second-order valence-electron chi connectivity index (χ2n) is 7.99. The Balaban J connectivity index is 1.69. The van der Waals surface area contributed by atoms with E-state index in [9.17, 15) is 14.4 Å². The summed E-state index contributed by atoms with van der Waals surface area (Å²) in [4.78, 5) is 40.0. The smallest absolute Gasteiger partial charge is 0.328 e. The molecule has 3 aliphatic rings. The molecule has 150 valence electrons. The van der Waals surface area contributed by atoms with E-state index < -0.39 is 29.3 Å². The van der Waals surface area contributed by atoms with Crippen molar-refractivity contribution in [2.45, 2.75) is 38.5 Å². The molecule has 0 bridgehead atoms. The Hall–Kier alpha value is -3.13. The number of imide groups is 2. The van der Waals surface area contributed by atoms with Gasteiger partial charge in [-0.2, -0.15) is 0 Å². The van der Waals surface area contributed by atoms with Crippen LogP contribution in [0.2, 0.25) is 0 Å². The van der Waals surface area contributed by atoms with Gasteiger partial charge in [0.25, 0.3) is 0 Å². The van der Waals surface area contributed by atoms with Crippen LogP contribution in [0.1, 0.15) is 19.4 Å². The molecular weight excluding hydrogens is 374 g/mol. The second-order valence-corrected chi connectivity index (χ2v) is 7.99. The average Bonchev–Trinajstić information content (AvgIpc) is 3.20. The van der Waals surface area contributed by atoms with Crippen molar-refractivity contribution in [3.8, 4) is 11.1 Å². The van der Waals surface area contributed by atoms with Gasteiger partial charge in [0.1, 0.15) is 0 Å². The number of benzene rings is 1. The SMILES string of the molecule is C[C@@H]1CN2c3ccc(-c4ccoc4)cc3CC3(C(=O)NC(=O)NC3=O)[C@H]2[C@H](C)O1. The summed E-state index contributed by atoms with van der Waals surface area (Å²) in [6.45, 7) is 4.39. The van der Waals surface area contributed by atoms with Gasteiger partial charge in [0.15, 0.2) is 5.41 Å². The maximum absolute atomic E-state index is 13.1. The van der Waals surface area contributed by atoms with Crippen LogP contribution >= 0.6 is 0 Å². The van der Waals surface area contributed by atoms with Crippen molar-refractivity contribution in [3.63, 3.8) is 0 Å². The summed E-state index contributed by atoms with van der Waals surface area (Å²) < 4.78 is 11.2. The molecule has 4 heterocycles. The molecule has 1 spiro atoms. The van der Waals surface area contributed by atoms with Gasteiger partial charge in [-0.3, -0.25) is 20.2 Å². The molecule has 1 aromatic heterocycles. The summed E-state index contributed by atoms with van der Waals surface area (Å²) in [5.41, 5.74) is 2.26. The molecule has 0 aliphatic carbocycles. The van der Waals surface area contributed by atoms with Crippen LogP contribution in [-0.4, -0.2) is 42.6 Å². The second kappa shape index (κ2) is 6.18. The van der Waals surface area contributed by atoms with Crippen molar-refractivity contribution < 1.29 is 23.5 Å². The highest BCUT2D eigenvalue weighted by Crippen LogP contribution is 2.47. The fourth-order valence-corrected chi connectivity index (χ4v) is 5.06. The molecule has 3 atom stereocenters. The maximum atomic E-state index is 13.1. The Kier molecular flexibility index (Phi) is 3.82. The van der Waals surface area contributed by atoms with Crippen LogP contribution < -0.4 is 15.5 Å². The van der Waals surface area contributed by atoms with E-state index in [4.69, 9.17) is 9.15 Å². The predicted molar refractivity (Wildman–Crippen MR) is 103 cm³/mol. The lowest BCUT2D eigenvalue weighted by molar-refractivity contribution is -0.153. The molecule has 2 fully saturated rings. The van der Waals surface area contributed by atoms with E-state index in [0.717, 1.165) is 22.4 Å². The minimum absolute atomic E-state index is 0.0610. The highest BCUT2D eigenvalue weighted by Gasteiger charge is 2.62. The van der Waals surface area contributed by atoms with Gasteiger partial charge in [-0.15, -0.1) is 0 Å². The van der Waals surface area contributed by atoms with E-state index in [0.29, 0.717) is 6.54 Å². The van der Waals surface area contributed by atoms with Gasteiger partial charge in [0.05, 0.1) is 30.8 Å². The summed E-state index contributed by atoms with van der Waals surface area (Å²) in [6.07, 6.45) is 3.01. The van der Waals surface area contributed by atoms with E-state index in [1.54, 1.807) is 12.5 Å². The number of ether oxygens (including phenoxy) is 1. The number of amides is 4. The van der Waals surface area contributed by atoms with Gasteiger partial charge in [-0.25, -0.2) is 4.79 Å². The number of barbiturate groups is 1. The minimum atomic E-state index is -1.45. The lowest BCUT2D eigenvalue weighted by Gasteiger charge is -2.55. The highest BCUT2D eigenvalue weighted by molar-refractivity contribution is 6.20. The van der Waals surface area contributed by atoms with Crippen molar-refractivity contribution in [2.24, 2.45) is 5.41 Å². The molecule has 2 aromatic rings. The fraction of sp³-hybridized carbons (Fsp3) is 0.381. The van der Waals surface area contributed by atoms with Crippen LogP contribution in [-0.2, 0) is 20.7 Å². The Morgan fingerprint density at radius 2 is 1.83 bits per heavy atom. The molecule has 8 heteroatoms. The number of morpholine rings is 1. The molecule has 29 heavy (non-hydrogen) atoms. The van der Waals surface area contributed by atoms with Gasteiger partial charge in [-0.1, -0.05) is 6.07 Å².